The number of likely N-dealkylation sites (N-methyl/N-ethyl adjacent to an activating group) is 1. The van der Waals surface area contributed by atoms with E-state index in [9.17, 15) is 23.3 Å². The lowest BCUT2D eigenvalue weighted by atomic mass is 10.1. The zero-order valence-corrected chi connectivity index (χ0v) is 18.9. The first-order valence-electron chi connectivity index (χ1n) is 10.2. The Bertz CT molecular complexity index is 1180. The quantitative estimate of drug-likeness (QED) is 0.232. The van der Waals surface area contributed by atoms with Crippen LogP contribution in [-0.4, -0.2) is 62.5 Å². The Hall–Kier alpha value is -3.57. The van der Waals surface area contributed by atoms with Crippen molar-refractivity contribution in [3.05, 3.63) is 81.9 Å². The van der Waals surface area contributed by atoms with Gasteiger partial charge in [-0.25, -0.2) is 8.42 Å². The number of aliphatic imine (C=N–C) groups is 1. The van der Waals surface area contributed by atoms with Crippen LogP contribution in [0.4, 0.5) is 5.69 Å². The summed E-state index contributed by atoms with van der Waals surface area (Å²) in [6, 6.07) is 13.0. The maximum Gasteiger partial charge on any atom is 0.288 e. The Balaban J connectivity index is 1.47. The van der Waals surface area contributed by atoms with Crippen LogP contribution in [0, 0.1) is 10.1 Å². The van der Waals surface area contributed by atoms with Crippen molar-refractivity contribution in [1.29, 1.82) is 0 Å². The summed E-state index contributed by atoms with van der Waals surface area (Å²) in [5.41, 5.74) is 1.51. The van der Waals surface area contributed by atoms with Gasteiger partial charge in [0.1, 0.15) is 16.6 Å². The van der Waals surface area contributed by atoms with Crippen LogP contribution >= 0.6 is 0 Å². The number of carbonyl (C=O) groups excluding carboxylic acids is 1. The fourth-order valence-corrected chi connectivity index (χ4v) is 4.51. The molecule has 1 aliphatic heterocycles. The minimum atomic E-state index is -3.90. The molecule has 174 valence electrons. The van der Waals surface area contributed by atoms with Crippen molar-refractivity contribution in [1.82, 2.24) is 15.5 Å². The Kier molecular flexibility index (Phi) is 7.91. The summed E-state index contributed by atoms with van der Waals surface area (Å²) in [6.07, 6.45) is 2.87. The van der Waals surface area contributed by atoms with E-state index in [1.54, 1.807) is 11.9 Å². The van der Waals surface area contributed by atoms with Crippen molar-refractivity contribution in [2.75, 3.05) is 32.6 Å². The molecule has 0 fully saturated rings. The van der Waals surface area contributed by atoms with Crippen molar-refractivity contribution in [2.45, 2.75) is 11.4 Å². The van der Waals surface area contributed by atoms with E-state index in [0.717, 1.165) is 36.1 Å². The van der Waals surface area contributed by atoms with Crippen LogP contribution in [0.25, 0.3) is 0 Å². The summed E-state index contributed by atoms with van der Waals surface area (Å²) in [5, 5.41) is 16.9. The van der Waals surface area contributed by atoms with Gasteiger partial charge in [-0.3, -0.25) is 25.2 Å². The predicted molar refractivity (Wildman–Crippen MR) is 125 cm³/mol. The van der Waals surface area contributed by atoms with Gasteiger partial charge in [-0.05, 0) is 11.6 Å². The summed E-state index contributed by atoms with van der Waals surface area (Å²) in [7, 11) is -2.22. The first kappa shape index (κ1) is 24.1. The number of hydrogen-bond donors (Lipinski definition) is 2. The number of amides is 1. The lowest BCUT2D eigenvalue weighted by Crippen LogP contribution is -2.26. The lowest BCUT2D eigenvalue weighted by Gasteiger charge is -2.15. The summed E-state index contributed by atoms with van der Waals surface area (Å²) in [5.74, 6) is 0.160. The molecule has 0 radical (unpaired) electrons. The van der Waals surface area contributed by atoms with Crippen LogP contribution in [0.3, 0.4) is 0 Å². The van der Waals surface area contributed by atoms with Crippen molar-refractivity contribution >= 4 is 27.3 Å². The number of rotatable bonds is 10. The van der Waals surface area contributed by atoms with Gasteiger partial charge in [-0.1, -0.05) is 42.5 Å². The first-order valence-corrected chi connectivity index (χ1v) is 11.9. The second-order valence-corrected chi connectivity index (χ2v) is 9.35. The van der Waals surface area contributed by atoms with Crippen LogP contribution < -0.4 is 10.6 Å². The largest absolute Gasteiger partial charge is 0.368 e. The molecule has 2 aromatic rings. The zero-order valence-electron chi connectivity index (χ0n) is 18.1. The molecule has 2 N–H and O–H groups in total. The van der Waals surface area contributed by atoms with Crippen LogP contribution in [-0.2, 0) is 21.2 Å². The fraction of sp³-hybridized carbons (Fsp3) is 0.273. The minimum Gasteiger partial charge on any atom is -0.368 e. The van der Waals surface area contributed by atoms with Gasteiger partial charge < -0.3 is 10.2 Å². The molecule has 33 heavy (non-hydrogen) atoms. The van der Waals surface area contributed by atoms with E-state index in [-0.39, 0.29) is 17.3 Å². The Morgan fingerprint density at radius 1 is 1.24 bits per heavy atom. The number of sulfone groups is 1. The zero-order chi connectivity index (χ0) is 23.8. The highest BCUT2D eigenvalue weighted by atomic mass is 32.2. The molecule has 0 unspecified atom stereocenters. The molecule has 0 saturated heterocycles. The molecule has 2 aromatic carbocycles. The van der Waals surface area contributed by atoms with Gasteiger partial charge in [0.25, 0.3) is 5.69 Å². The lowest BCUT2D eigenvalue weighted by molar-refractivity contribution is -0.387. The highest BCUT2D eigenvalue weighted by Gasteiger charge is 2.24. The summed E-state index contributed by atoms with van der Waals surface area (Å²) in [6.45, 7) is 2.15. The Labute approximate surface area is 192 Å². The summed E-state index contributed by atoms with van der Waals surface area (Å²) in [4.78, 5) is 28.2. The number of amidine groups is 1. The topological polar surface area (TPSA) is 134 Å². The van der Waals surface area contributed by atoms with Crippen molar-refractivity contribution in [3.8, 4) is 0 Å². The van der Waals surface area contributed by atoms with Gasteiger partial charge in [0.05, 0.1) is 11.5 Å². The van der Waals surface area contributed by atoms with Crippen molar-refractivity contribution in [3.63, 3.8) is 0 Å². The monoisotopic (exact) mass is 471 g/mol. The average molecular weight is 472 g/mol. The first-order chi connectivity index (χ1) is 15.8. The van der Waals surface area contributed by atoms with E-state index in [1.165, 1.54) is 30.4 Å². The third kappa shape index (κ3) is 6.46. The number of benzene rings is 2. The van der Waals surface area contributed by atoms with E-state index >= 15 is 0 Å². The molecular weight excluding hydrogens is 446 g/mol. The molecule has 1 heterocycles. The smallest absolute Gasteiger partial charge is 0.288 e. The molecule has 0 aliphatic carbocycles. The van der Waals surface area contributed by atoms with E-state index in [0.29, 0.717) is 6.54 Å². The average Bonchev–Trinajstić information content (AvgIpc) is 3.34. The molecule has 0 atom stereocenters. The van der Waals surface area contributed by atoms with Gasteiger partial charge in [-0.15, -0.1) is 0 Å². The van der Waals surface area contributed by atoms with Gasteiger partial charge >= 0.3 is 0 Å². The molecule has 0 spiro atoms. The standard InChI is InChI=1S/C22H25N5O5S/c1-26(15-17-8-10-18(11-9-17)22-24-13-14-25-22)21(28)7-4-12-23-16-33(31,32)20-6-3-2-5-19(20)27(29)30/h2-11,23H,12-16H2,1H3,(H,24,25)/b7-4+. The van der Waals surface area contributed by atoms with Gasteiger partial charge in [0.15, 0.2) is 9.84 Å². The van der Waals surface area contributed by atoms with Crippen LogP contribution in [0.2, 0.25) is 0 Å². The number of nitrogens with zero attached hydrogens (tertiary/aromatic N) is 3. The predicted octanol–water partition coefficient (Wildman–Crippen LogP) is 1.48. The Morgan fingerprint density at radius 3 is 2.64 bits per heavy atom. The summed E-state index contributed by atoms with van der Waals surface area (Å²) >= 11 is 0. The van der Waals surface area contributed by atoms with Gasteiger partial charge in [0, 0.05) is 44.4 Å². The van der Waals surface area contributed by atoms with Crippen molar-refractivity contribution < 1.29 is 18.1 Å². The second-order valence-electron chi connectivity index (χ2n) is 7.39. The third-order valence-corrected chi connectivity index (χ3v) is 6.51. The number of para-hydroxylation sites is 1. The molecule has 1 aliphatic rings. The van der Waals surface area contributed by atoms with Crippen molar-refractivity contribution in [2.24, 2.45) is 4.99 Å². The fourth-order valence-electron chi connectivity index (χ4n) is 3.22. The maximum atomic E-state index is 12.4. The second kappa shape index (κ2) is 10.8. The number of nitrogens with one attached hydrogen (secondary N) is 2. The Morgan fingerprint density at radius 2 is 1.97 bits per heavy atom. The molecule has 11 heteroatoms. The van der Waals surface area contributed by atoms with E-state index in [4.69, 9.17) is 0 Å². The molecule has 0 saturated carbocycles. The normalized spacial score (nSPS) is 13.5. The molecule has 0 bridgehead atoms. The highest BCUT2D eigenvalue weighted by Crippen LogP contribution is 2.23. The number of hydrogen-bond acceptors (Lipinski definition) is 8. The van der Waals surface area contributed by atoms with E-state index in [1.807, 2.05) is 24.3 Å². The molecule has 3 rings (SSSR count). The number of carbonyl (C=O) groups is 1. The van der Waals surface area contributed by atoms with Crippen LogP contribution in [0.15, 0.2) is 70.6 Å². The van der Waals surface area contributed by atoms with Gasteiger partial charge in [0.2, 0.25) is 5.91 Å². The molecule has 1 amide bonds. The summed E-state index contributed by atoms with van der Waals surface area (Å²) < 4.78 is 24.8. The van der Waals surface area contributed by atoms with Crippen LogP contribution in [0.1, 0.15) is 11.1 Å². The van der Waals surface area contributed by atoms with Crippen LogP contribution in [0.5, 0.6) is 0 Å². The number of nitro groups is 1. The van der Waals surface area contributed by atoms with E-state index < -0.39 is 26.3 Å². The number of nitro benzene ring substituents is 1. The molecule has 0 aromatic heterocycles. The molecular formula is C22H25N5O5S. The van der Waals surface area contributed by atoms with E-state index in [2.05, 4.69) is 15.6 Å². The highest BCUT2D eigenvalue weighted by molar-refractivity contribution is 7.91. The maximum absolute atomic E-state index is 12.4. The third-order valence-electron chi connectivity index (χ3n) is 4.91. The minimum absolute atomic E-state index is 0.114. The molecule has 10 nitrogen and oxygen atoms in total. The SMILES string of the molecule is CN(Cc1ccc(C2=NCCN2)cc1)C(=O)/C=C/CNCS(=O)(=O)c1ccccc1[N+](=O)[O-]. The van der Waals surface area contributed by atoms with Gasteiger partial charge in [-0.2, -0.15) is 0 Å².